The Morgan fingerprint density at radius 1 is 0.962 bits per heavy atom. The number of rotatable bonds is 10. The molecular weight excluding hydrogens is 360 g/mol. The van der Waals surface area contributed by atoms with Crippen LogP contribution in [0.3, 0.4) is 0 Å². The second-order valence-corrected chi connectivity index (χ2v) is 6.41. The van der Waals surface area contributed by atoms with E-state index in [1.165, 1.54) is 0 Å². The van der Waals surface area contributed by atoms with Gasteiger partial charge in [0.1, 0.15) is 19.0 Å². The molecule has 0 heterocycles. The third-order valence-electron chi connectivity index (χ3n) is 3.05. The summed E-state index contributed by atoms with van der Waals surface area (Å²) in [6.45, 7) is 1.49. The molecule has 144 valence electrons. The summed E-state index contributed by atoms with van der Waals surface area (Å²) < 4.78 is 15.7. The predicted octanol–water partition coefficient (Wildman–Crippen LogP) is 1.81. The van der Waals surface area contributed by atoms with Gasteiger partial charge in [-0.15, -0.1) is 0 Å². The summed E-state index contributed by atoms with van der Waals surface area (Å²) in [7, 11) is 7.44. The average molecular weight is 385 g/mol. The fourth-order valence-electron chi connectivity index (χ4n) is 1.63. The smallest absolute Gasteiger partial charge is 0.374 e. The van der Waals surface area contributed by atoms with Gasteiger partial charge in [0.15, 0.2) is 0 Å². The topological polar surface area (TPSA) is 68.3 Å². The van der Waals surface area contributed by atoms with Crippen molar-refractivity contribution in [2.75, 3.05) is 54.5 Å². The van der Waals surface area contributed by atoms with Crippen molar-refractivity contribution in [1.82, 2.24) is 9.80 Å². The Balaban J connectivity index is 2.78. The Bertz CT molecular complexity index is 615. The summed E-state index contributed by atoms with van der Waals surface area (Å²) in [4.78, 5) is 27.9. The van der Waals surface area contributed by atoms with Gasteiger partial charge in [0, 0.05) is 18.1 Å². The number of carbonyl (C=O) groups excluding carboxylic acids is 2. The first-order valence-electron chi connectivity index (χ1n) is 8.06. The Morgan fingerprint density at radius 3 is 2.04 bits per heavy atom. The lowest BCUT2D eigenvalue weighted by Crippen LogP contribution is -2.23. The molecule has 0 aliphatic rings. The van der Waals surface area contributed by atoms with Crippen LogP contribution in [0.4, 0.5) is 0 Å². The molecule has 0 saturated heterocycles. The molecule has 1 aromatic carbocycles. The number of hydrogen-bond acceptors (Lipinski definition) is 7. The number of ether oxygens (including phenoxy) is 3. The zero-order chi connectivity index (χ0) is 19.5. The molecule has 0 saturated carbocycles. The Hall–Kier alpha value is -2.09. The molecule has 0 aliphatic heterocycles. The van der Waals surface area contributed by atoms with Gasteiger partial charge in [0.05, 0.1) is 6.08 Å². The van der Waals surface area contributed by atoms with E-state index in [0.29, 0.717) is 23.9 Å². The Morgan fingerprint density at radius 2 is 1.50 bits per heavy atom. The molecule has 0 spiro atoms. The van der Waals surface area contributed by atoms with Gasteiger partial charge < -0.3 is 24.0 Å². The summed E-state index contributed by atoms with van der Waals surface area (Å²) in [5.41, 5.74) is 0. The Labute approximate surface area is 159 Å². The predicted molar refractivity (Wildman–Crippen MR) is 99.2 cm³/mol. The number of esters is 2. The highest BCUT2D eigenvalue weighted by Crippen LogP contribution is 2.18. The molecule has 0 fully saturated rings. The van der Waals surface area contributed by atoms with Crippen molar-refractivity contribution in [3.8, 4) is 5.75 Å². The molecule has 0 aliphatic carbocycles. The summed E-state index contributed by atoms with van der Waals surface area (Å²) in [6.07, 6.45) is 0.988. The first kappa shape index (κ1) is 22.0. The van der Waals surface area contributed by atoms with E-state index < -0.39 is 11.9 Å². The lowest BCUT2D eigenvalue weighted by Gasteiger charge is -2.13. The van der Waals surface area contributed by atoms with Crippen LogP contribution in [0.1, 0.15) is 0 Å². The van der Waals surface area contributed by atoms with E-state index in [-0.39, 0.29) is 19.0 Å². The van der Waals surface area contributed by atoms with Gasteiger partial charge in [-0.05, 0) is 52.5 Å². The van der Waals surface area contributed by atoms with Crippen LogP contribution in [-0.2, 0) is 19.1 Å². The van der Waals surface area contributed by atoms with Gasteiger partial charge >= 0.3 is 11.9 Å². The van der Waals surface area contributed by atoms with Crippen LogP contribution in [0.5, 0.6) is 5.75 Å². The lowest BCUT2D eigenvalue weighted by molar-refractivity contribution is -0.143. The number of halogens is 1. The van der Waals surface area contributed by atoms with Crippen LogP contribution in [0.15, 0.2) is 36.1 Å². The monoisotopic (exact) mass is 384 g/mol. The number of benzene rings is 1. The highest BCUT2D eigenvalue weighted by molar-refractivity contribution is 6.30. The van der Waals surface area contributed by atoms with Crippen molar-refractivity contribution in [3.63, 3.8) is 0 Å². The van der Waals surface area contributed by atoms with Crippen molar-refractivity contribution in [2.45, 2.75) is 0 Å². The zero-order valence-electron chi connectivity index (χ0n) is 15.5. The van der Waals surface area contributed by atoms with Gasteiger partial charge in [-0.2, -0.15) is 0 Å². The second kappa shape index (κ2) is 11.5. The fourth-order valence-corrected chi connectivity index (χ4v) is 1.76. The largest absolute Gasteiger partial charge is 0.461 e. The maximum atomic E-state index is 12.2. The van der Waals surface area contributed by atoms with Crippen LogP contribution in [0, 0.1) is 0 Å². The lowest BCUT2D eigenvalue weighted by atomic mass is 10.3. The van der Waals surface area contributed by atoms with Crippen molar-refractivity contribution >= 4 is 23.5 Å². The minimum atomic E-state index is -0.744. The van der Waals surface area contributed by atoms with Crippen LogP contribution in [-0.4, -0.2) is 76.2 Å². The van der Waals surface area contributed by atoms with Crippen LogP contribution < -0.4 is 4.74 Å². The first-order chi connectivity index (χ1) is 12.3. The van der Waals surface area contributed by atoms with Gasteiger partial charge in [-0.1, -0.05) is 11.6 Å². The molecule has 1 aromatic rings. The molecule has 0 bridgehead atoms. The van der Waals surface area contributed by atoms with Crippen LogP contribution in [0.2, 0.25) is 5.02 Å². The normalized spacial score (nSPS) is 11.6. The average Bonchev–Trinajstić information content (AvgIpc) is 2.55. The van der Waals surface area contributed by atoms with E-state index in [1.54, 1.807) is 24.3 Å². The van der Waals surface area contributed by atoms with E-state index in [0.717, 1.165) is 6.08 Å². The highest BCUT2D eigenvalue weighted by atomic mass is 35.5. The summed E-state index contributed by atoms with van der Waals surface area (Å²) in [5, 5.41) is 0.527. The fraction of sp³-hybridized carbons (Fsp3) is 0.444. The van der Waals surface area contributed by atoms with Gasteiger partial charge in [0.2, 0.25) is 5.76 Å². The summed E-state index contributed by atoms with van der Waals surface area (Å²) in [6, 6.07) is 6.39. The third-order valence-corrected chi connectivity index (χ3v) is 3.30. The van der Waals surface area contributed by atoms with E-state index >= 15 is 0 Å². The van der Waals surface area contributed by atoms with E-state index in [9.17, 15) is 9.59 Å². The molecule has 0 N–H and O–H groups in total. The summed E-state index contributed by atoms with van der Waals surface area (Å²) >= 11 is 5.83. The number of hydrogen-bond donors (Lipinski definition) is 0. The number of likely N-dealkylation sites (N-methyl/N-ethyl adjacent to an activating group) is 2. The van der Waals surface area contributed by atoms with Crippen molar-refractivity contribution in [3.05, 3.63) is 41.1 Å². The molecule has 0 unspecified atom stereocenters. The Kier molecular flexibility index (Phi) is 9.72. The zero-order valence-corrected chi connectivity index (χ0v) is 16.3. The highest BCUT2D eigenvalue weighted by Gasteiger charge is 2.17. The third kappa shape index (κ3) is 9.41. The molecule has 0 amide bonds. The van der Waals surface area contributed by atoms with E-state index in [2.05, 4.69) is 0 Å². The minimum absolute atomic E-state index is 0.169. The van der Waals surface area contributed by atoms with Gasteiger partial charge in [0.25, 0.3) is 0 Å². The number of carbonyl (C=O) groups is 2. The molecule has 0 atom stereocenters. The molecule has 26 heavy (non-hydrogen) atoms. The van der Waals surface area contributed by atoms with Crippen molar-refractivity contribution < 1.29 is 23.8 Å². The van der Waals surface area contributed by atoms with Crippen LogP contribution >= 0.6 is 11.6 Å². The molecule has 1 rings (SSSR count). The van der Waals surface area contributed by atoms with Crippen molar-refractivity contribution in [1.29, 1.82) is 0 Å². The van der Waals surface area contributed by atoms with E-state index in [4.69, 9.17) is 25.8 Å². The van der Waals surface area contributed by atoms with Gasteiger partial charge in [-0.3, -0.25) is 0 Å². The van der Waals surface area contributed by atoms with Gasteiger partial charge in [-0.25, -0.2) is 9.59 Å². The maximum absolute atomic E-state index is 12.2. The van der Waals surface area contributed by atoms with Crippen LogP contribution in [0.25, 0.3) is 0 Å². The maximum Gasteiger partial charge on any atom is 0.374 e. The molecule has 7 nitrogen and oxygen atoms in total. The first-order valence-corrected chi connectivity index (χ1v) is 8.44. The second-order valence-electron chi connectivity index (χ2n) is 5.97. The summed E-state index contributed by atoms with van der Waals surface area (Å²) in [5.74, 6) is -1.32. The molecule has 0 radical (unpaired) electrons. The minimum Gasteiger partial charge on any atom is -0.461 e. The van der Waals surface area contributed by atoms with Crippen molar-refractivity contribution in [2.24, 2.45) is 0 Å². The molecular formula is C18H25ClN2O5. The molecule has 8 heteroatoms. The quantitative estimate of drug-likeness (QED) is 0.346. The molecule has 0 aromatic heterocycles. The number of nitrogens with zero attached hydrogens (tertiary/aromatic N) is 2. The van der Waals surface area contributed by atoms with E-state index in [1.807, 2.05) is 38.0 Å². The SMILES string of the molecule is CN(C)CCOC(=O)/C=C(\Oc1ccc(Cl)cc1)C(=O)OCCN(C)C. The standard InChI is InChI=1S/C18H25ClN2O5/c1-20(2)9-11-24-17(22)13-16(18(23)25-12-10-21(3)4)26-15-7-5-14(19)6-8-15/h5-8,13H,9-12H2,1-4H3/b16-13-.